The summed E-state index contributed by atoms with van der Waals surface area (Å²) in [5.41, 5.74) is 0.793. The summed E-state index contributed by atoms with van der Waals surface area (Å²) in [6.07, 6.45) is 4.48. The predicted octanol–water partition coefficient (Wildman–Crippen LogP) is 1.25. The molecule has 1 aromatic rings. The Morgan fingerprint density at radius 3 is 3.11 bits per heavy atom. The van der Waals surface area contributed by atoms with Gasteiger partial charge in [0.05, 0.1) is 18.3 Å². The molecule has 0 fully saturated rings. The van der Waals surface area contributed by atoms with Crippen LogP contribution in [0.15, 0.2) is 22.7 Å². The third-order valence-corrected chi connectivity index (χ3v) is 2.90. The second-order valence-corrected chi connectivity index (χ2v) is 4.92. The largest absolute Gasteiger partial charge is 0.394 e. The summed E-state index contributed by atoms with van der Waals surface area (Å²) in [4.78, 5) is 13.7. The van der Waals surface area contributed by atoms with Crippen molar-refractivity contribution < 1.29 is 14.4 Å². The van der Waals surface area contributed by atoms with Gasteiger partial charge in [0, 0.05) is 12.6 Å². The lowest BCUT2D eigenvalue weighted by molar-refractivity contribution is 0.0659. The van der Waals surface area contributed by atoms with E-state index in [0.29, 0.717) is 12.5 Å². The number of amides is 1. The molecule has 1 aliphatic heterocycles. The maximum Gasteiger partial charge on any atom is 0.293 e. The van der Waals surface area contributed by atoms with Crippen LogP contribution in [-0.2, 0) is 6.42 Å². The quantitative estimate of drug-likeness (QED) is 0.817. The molecular weight excluding hydrogens is 232 g/mol. The molecule has 1 atom stereocenters. The second-order valence-electron chi connectivity index (χ2n) is 4.92. The van der Waals surface area contributed by atoms with Gasteiger partial charge in [-0.05, 0) is 12.3 Å². The normalized spacial score (nSPS) is 18.9. The Bertz CT molecular complexity index is 451. The molecule has 5 heteroatoms. The Balaban J connectivity index is 2.07. The molecule has 2 rings (SSSR count). The molecule has 0 radical (unpaired) electrons. The second kappa shape index (κ2) is 5.35. The maximum absolute atomic E-state index is 12.2. The van der Waals surface area contributed by atoms with Gasteiger partial charge in [-0.1, -0.05) is 31.2 Å². The highest BCUT2D eigenvalue weighted by Gasteiger charge is 2.27. The number of carbonyl (C=O) groups is 1. The number of aliphatic hydroxyl groups excluding tert-OH is 1. The van der Waals surface area contributed by atoms with Crippen molar-refractivity contribution in [1.29, 1.82) is 0 Å². The van der Waals surface area contributed by atoms with E-state index in [1.165, 1.54) is 0 Å². The number of hydrogen-bond donors (Lipinski definition) is 1. The van der Waals surface area contributed by atoms with Gasteiger partial charge in [0.1, 0.15) is 0 Å². The average molecular weight is 250 g/mol. The third-order valence-electron chi connectivity index (χ3n) is 2.90. The Hall–Kier alpha value is -1.62. The summed E-state index contributed by atoms with van der Waals surface area (Å²) in [6, 6.07) is 1.44. The molecule has 0 bridgehead atoms. The molecule has 0 saturated heterocycles. The first-order valence-electron chi connectivity index (χ1n) is 6.16. The van der Waals surface area contributed by atoms with Gasteiger partial charge in [0.15, 0.2) is 0 Å². The summed E-state index contributed by atoms with van der Waals surface area (Å²) >= 11 is 0. The van der Waals surface area contributed by atoms with E-state index in [1.807, 2.05) is 12.2 Å². The van der Waals surface area contributed by atoms with E-state index in [4.69, 9.17) is 9.63 Å². The molecule has 1 aromatic heterocycles. The van der Waals surface area contributed by atoms with E-state index in [9.17, 15) is 4.79 Å². The third kappa shape index (κ3) is 2.61. The fourth-order valence-electron chi connectivity index (χ4n) is 2.03. The lowest BCUT2D eigenvalue weighted by Gasteiger charge is -2.21. The minimum atomic E-state index is -0.254. The zero-order chi connectivity index (χ0) is 13.1. The van der Waals surface area contributed by atoms with Crippen molar-refractivity contribution in [3.8, 4) is 0 Å². The lowest BCUT2D eigenvalue weighted by Crippen LogP contribution is -2.37. The number of carbonyl (C=O) groups excluding carboxylic acids is 1. The zero-order valence-electron chi connectivity index (χ0n) is 10.7. The van der Waals surface area contributed by atoms with Gasteiger partial charge in [-0.3, -0.25) is 4.79 Å². The van der Waals surface area contributed by atoms with E-state index >= 15 is 0 Å². The highest BCUT2D eigenvalue weighted by molar-refractivity contribution is 5.92. The molecule has 98 valence electrons. The molecule has 1 amide bonds. The highest BCUT2D eigenvalue weighted by atomic mass is 16.5. The van der Waals surface area contributed by atoms with Crippen LogP contribution in [0.3, 0.4) is 0 Å². The zero-order valence-corrected chi connectivity index (χ0v) is 10.7. The van der Waals surface area contributed by atoms with Gasteiger partial charge in [0.25, 0.3) is 5.91 Å². The van der Waals surface area contributed by atoms with Crippen LogP contribution in [0.4, 0.5) is 0 Å². The molecule has 1 N–H and O–H groups in total. The summed E-state index contributed by atoms with van der Waals surface area (Å²) in [6.45, 7) is 4.60. The van der Waals surface area contributed by atoms with Gasteiger partial charge in [-0.2, -0.15) is 0 Å². The molecule has 1 aliphatic rings. The first kappa shape index (κ1) is 12.8. The number of rotatable bonds is 4. The topological polar surface area (TPSA) is 66.6 Å². The van der Waals surface area contributed by atoms with E-state index < -0.39 is 0 Å². The van der Waals surface area contributed by atoms with Crippen molar-refractivity contribution in [3.63, 3.8) is 0 Å². The van der Waals surface area contributed by atoms with Crippen molar-refractivity contribution >= 4 is 5.91 Å². The number of hydrogen-bond acceptors (Lipinski definition) is 4. The molecular formula is C13H18N2O3. The van der Waals surface area contributed by atoms with Crippen LogP contribution in [-0.4, -0.2) is 40.3 Å². The van der Waals surface area contributed by atoms with Crippen LogP contribution < -0.4 is 0 Å². The predicted molar refractivity (Wildman–Crippen MR) is 66.1 cm³/mol. The number of aliphatic hydroxyl groups is 1. The van der Waals surface area contributed by atoms with Crippen LogP contribution >= 0.6 is 0 Å². The average Bonchev–Trinajstić information content (AvgIpc) is 2.95. The SMILES string of the molecule is CC(C)Cc1cc(C(=O)N2CC=C[C@H]2CO)on1. The van der Waals surface area contributed by atoms with Crippen LogP contribution in [0, 0.1) is 5.92 Å². The van der Waals surface area contributed by atoms with Gasteiger partial charge in [-0.25, -0.2) is 0 Å². The molecule has 18 heavy (non-hydrogen) atoms. The Morgan fingerprint density at radius 1 is 1.67 bits per heavy atom. The Labute approximate surface area is 106 Å². The molecule has 0 aromatic carbocycles. The first-order chi connectivity index (χ1) is 8.61. The molecule has 0 aliphatic carbocycles. The number of nitrogens with zero attached hydrogens (tertiary/aromatic N) is 2. The minimum Gasteiger partial charge on any atom is -0.394 e. The van der Waals surface area contributed by atoms with Crippen molar-refractivity contribution in [2.45, 2.75) is 26.3 Å². The van der Waals surface area contributed by atoms with Crippen molar-refractivity contribution in [1.82, 2.24) is 10.1 Å². The standard InChI is InChI=1S/C13H18N2O3/c1-9(2)6-10-7-12(18-14-10)13(17)15-5-3-4-11(15)8-16/h3-4,7,9,11,16H,5-6,8H2,1-2H3/t11-/m0/s1. The smallest absolute Gasteiger partial charge is 0.293 e. The molecule has 0 saturated carbocycles. The number of aromatic nitrogens is 1. The molecule has 2 heterocycles. The van der Waals surface area contributed by atoms with Crippen molar-refractivity contribution in [3.05, 3.63) is 29.7 Å². The maximum atomic E-state index is 12.2. The van der Waals surface area contributed by atoms with Gasteiger partial charge in [-0.15, -0.1) is 0 Å². The van der Waals surface area contributed by atoms with E-state index in [-0.39, 0.29) is 24.3 Å². The minimum absolute atomic E-state index is 0.0742. The summed E-state index contributed by atoms with van der Waals surface area (Å²) in [5.74, 6) is 0.492. The monoisotopic (exact) mass is 250 g/mol. The summed E-state index contributed by atoms with van der Waals surface area (Å²) < 4.78 is 5.08. The summed E-state index contributed by atoms with van der Waals surface area (Å²) in [7, 11) is 0. The van der Waals surface area contributed by atoms with E-state index in [2.05, 4.69) is 19.0 Å². The fraction of sp³-hybridized carbons (Fsp3) is 0.538. The van der Waals surface area contributed by atoms with Crippen LogP contribution in [0.5, 0.6) is 0 Å². The molecule has 0 unspecified atom stereocenters. The van der Waals surface area contributed by atoms with Crippen molar-refractivity contribution in [2.75, 3.05) is 13.2 Å². The molecule has 0 spiro atoms. The van der Waals surface area contributed by atoms with Crippen LogP contribution in [0.1, 0.15) is 30.1 Å². The van der Waals surface area contributed by atoms with E-state index in [1.54, 1.807) is 11.0 Å². The van der Waals surface area contributed by atoms with Crippen molar-refractivity contribution in [2.24, 2.45) is 5.92 Å². The van der Waals surface area contributed by atoms with Crippen LogP contribution in [0.2, 0.25) is 0 Å². The van der Waals surface area contributed by atoms with Gasteiger partial charge < -0.3 is 14.5 Å². The van der Waals surface area contributed by atoms with Crippen LogP contribution in [0.25, 0.3) is 0 Å². The first-order valence-corrected chi connectivity index (χ1v) is 6.16. The lowest BCUT2D eigenvalue weighted by atomic mass is 10.1. The summed E-state index contributed by atoms with van der Waals surface area (Å²) in [5, 5.41) is 13.1. The van der Waals surface area contributed by atoms with E-state index in [0.717, 1.165) is 12.1 Å². The Kier molecular flexibility index (Phi) is 3.81. The highest BCUT2D eigenvalue weighted by Crippen LogP contribution is 2.16. The van der Waals surface area contributed by atoms with Gasteiger partial charge >= 0.3 is 0 Å². The molecule has 5 nitrogen and oxygen atoms in total. The van der Waals surface area contributed by atoms with Gasteiger partial charge in [0.2, 0.25) is 5.76 Å². The fourth-order valence-corrected chi connectivity index (χ4v) is 2.03. The Morgan fingerprint density at radius 2 is 2.44 bits per heavy atom.